The average molecular weight is 248 g/mol. The summed E-state index contributed by atoms with van der Waals surface area (Å²) in [4.78, 5) is 34.3. The van der Waals surface area contributed by atoms with Crippen LogP contribution in [0.5, 0.6) is 0 Å². The highest BCUT2D eigenvalue weighted by molar-refractivity contribution is 5.98. The van der Waals surface area contributed by atoms with Crippen LogP contribution in [-0.4, -0.2) is 25.1 Å². The van der Waals surface area contributed by atoms with Crippen molar-refractivity contribution in [2.45, 2.75) is 13.3 Å². The van der Waals surface area contributed by atoms with Crippen molar-refractivity contribution in [2.24, 2.45) is 11.8 Å². The second kappa shape index (κ2) is 6.69. The first-order valence-corrected chi connectivity index (χ1v) is 5.71. The Kier molecular flexibility index (Phi) is 5.24. The molecule has 0 fully saturated rings. The van der Waals surface area contributed by atoms with E-state index in [0.717, 1.165) is 0 Å². The van der Waals surface area contributed by atoms with E-state index in [1.807, 2.05) is 6.07 Å². The van der Waals surface area contributed by atoms with Gasteiger partial charge in [-0.15, -0.1) is 0 Å². The third kappa shape index (κ3) is 3.52. The van der Waals surface area contributed by atoms with Crippen molar-refractivity contribution < 1.29 is 19.1 Å². The molecule has 0 N–H and O–H groups in total. The van der Waals surface area contributed by atoms with Crippen LogP contribution in [0.4, 0.5) is 0 Å². The topological polar surface area (TPSA) is 60.4 Å². The number of methoxy groups -OCH3 is 1. The molecular weight excluding hydrogens is 232 g/mol. The normalized spacial score (nSPS) is 13.4. The molecule has 1 aromatic rings. The summed E-state index contributed by atoms with van der Waals surface area (Å²) >= 11 is 0. The van der Waals surface area contributed by atoms with Crippen molar-refractivity contribution >= 4 is 18.0 Å². The van der Waals surface area contributed by atoms with Crippen molar-refractivity contribution in [3.05, 3.63) is 35.9 Å². The zero-order valence-corrected chi connectivity index (χ0v) is 10.5. The molecule has 0 bridgehead atoms. The highest BCUT2D eigenvalue weighted by Gasteiger charge is 2.28. The van der Waals surface area contributed by atoms with Crippen LogP contribution in [0.1, 0.15) is 23.7 Å². The van der Waals surface area contributed by atoms with Gasteiger partial charge in [0.2, 0.25) is 0 Å². The van der Waals surface area contributed by atoms with Gasteiger partial charge in [-0.2, -0.15) is 0 Å². The molecule has 0 aliphatic heterocycles. The first-order chi connectivity index (χ1) is 8.60. The molecule has 4 heteroatoms. The van der Waals surface area contributed by atoms with Crippen molar-refractivity contribution in [1.82, 2.24) is 0 Å². The molecule has 0 unspecified atom stereocenters. The second-order valence-corrected chi connectivity index (χ2v) is 4.12. The SMILES string of the molecule is COC(=O)[C@@H](CC(=O)c1ccccc1)[C@H](C)C=O. The molecule has 1 rings (SSSR count). The number of hydrogen-bond acceptors (Lipinski definition) is 4. The monoisotopic (exact) mass is 248 g/mol. The summed E-state index contributed by atoms with van der Waals surface area (Å²) in [5, 5.41) is 0. The Hall–Kier alpha value is -1.97. The van der Waals surface area contributed by atoms with Crippen LogP contribution >= 0.6 is 0 Å². The smallest absolute Gasteiger partial charge is 0.309 e. The molecule has 1 aromatic carbocycles. The standard InChI is InChI=1S/C14H16O4/c1-10(9-15)12(14(17)18-2)8-13(16)11-6-4-3-5-7-11/h3-7,9-10,12H,8H2,1-2H3/t10-,12+/m1/s1. The number of benzene rings is 1. The third-order valence-corrected chi connectivity index (χ3v) is 2.85. The summed E-state index contributed by atoms with van der Waals surface area (Å²) in [5.41, 5.74) is 0.532. The van der Waals surface area contributed by atoms with E-state index in [4.69, 9.17) is 0 Å². The molecular formula is C14H16O4. The van der Waals surface area contributed by atoms with Gasteiger partial charge in [-0.05, 0) is 0 Å². The van der Waals surface area contributed by atoms with E-state index in [2.05, 4.69) is 4.74 Å². The van der Waals surface area contributed by atoms with Gasteiger partial charge in [-0.25, -0.2) is 0 Å². The number of esters is 1. The molecule has 0 aromatic heterocycles. The van der Waals surface area contributed by atoms with Gasteiger partial charge >= 0.3 is 5.97 Å². The number of Topliss-reactive ketones (excluding diaryl/α,β-unsaturated/α-hetero) is 1. The number of ether oxygens (including phenoxy) is 1. The fourth-order valence-corrected chi connectivity index (χ4v) is 1.67. The molecule has 0 amide bonds. The predicted octanol–water partition coefficient (Wildman–Crippen LogP) is 1.88. The van der Waals surface area contributed by atoms with E-state index < -0.39 is 17.8 Å². The lowest BCUT2D eigenvalue weighted by molar-refractivity contribution is -0.148. The van der Waals surface area contributed by atoms with E-state index in [1.54, 1.807) is 31.2 Å². The predicted molar refractivity (Wildman–Crippen MR) is 66.1 cm³/mol. The summed E-state index contributed by atoms with van der Waals surface area (Å²) in [7, 11) is 1.25. The summed E-state index contributed by atoms with van der Waals surface area (Å²) in [6.45, 7) is 1.60. The molecule has 0 aliphatic rings. The largest absolute Gasteiger partial charge is 0.469 e. The van der Waals surface area contributed by atoms with Crippen LogP contribution in [0, 0.1) is 11.8 Å². The minimum atomic E-state index is -0.722. The Labute approximate surface area is 106 Å². The van der Waals surface area contributed by atoms with E-state index in [0.29, 0.717) is 11.8 Å². The van der Waals surface area contributed by atoms with Crippen LogP contribution in [0.3, 0.4) is 0 Å². The number of carbonyl (C=O) groups is 3. The van der Waals surface area contributed by atoms with Crippen LogP contribution in [-0.2, 0) is 14.3 Å². The Morgan fingerprint density at radius 3 is 2.39 bits per heavy atom. The Morgan fingerprint density at radius 1 is 1.28 bits per heavy atom. The van der Waals surface area contributed by atoms with Gasteiger partial charge in [0.05, 0.1) is 13.0 Å². The highest BCUT2D eigenvalue weighted by Crippen LogP contribution is 2.18. The van der Waals surface area contributed by atoms with Crippen molar-refractivity contribution in [1.29, 1.82) is 0 Å². The van der Waals surface area contributed by atoms with E-state index in [-0.39, 0.29) is 12.2 Å². The summed E-state index contributed by atoms with van der Waals surface area (Å²) in [6.07, 6.45) is 0.649. The van der Waals surface area contributed by atoms with Crippen molar-refractivity contribution in [2.75, 3.05) is 7.11 Å². The van der Waals surface area contributed by atoms with Gasteiger partial charge < -0.3 is 9.53 Å². The van der Waals surface area contributed by atoms with E-state index in [1.165, 1.54) is 7.11 Å². The number of ketones is 1. The van der Waals surface area contributed by atoms with E-state index in [9.17, 15) is 14.4 Å². The van der Waals surface area contributed by atoms with Crippen LogP contribution in [0.25, 0.3) is 0 Å². The van der Waals surface area contributed by atoms with Gasteiger partial charge in [0, 0.05) is 17.9 Å². The fourth-order valence-electron chi connectivity index (χ4n) is 1.67. The molecule has 96 valence electrons. The number of hydrogen-bond donors (Lipinski definition) is 0. The Bertz CT molecular complexity index is 425. The average Bonchev–Trinajstić information content (AvgIpc) is 2.43. The minimum Gasteiger partial charge on any atom is -0.469 e. The van der Waals surface area contributed by atoms with Gasteiger partial charge in [-0.1, -0.05) is 37.3 Å². The van der Waals surface area contributed by atoms with Crippen LogP contribution < -0.4 is 0 Å². The maximum atomic E-state index is 12.0. The maximum Gasteiger partial charge on any atom is 0.309 e. The molecule has 4 nitrogen and oxygen atoms in total. The zero-order valence-electron chi connectivity index (χ0n) is 10.5. The lowest BCUT2D eigenvalue weighted by atomic mass is 9.88. The summed E-state index contributed by atoms with van der Waals surface area (Å²) < 4.78 is 4.62. The van der Waals surface area contributed by atoms with Crippen LogP contribution in [0.15, 0.2) is 30.3 Å². The molecule has 0 spiro atoms. The lowest BCUT2D eigenvalue weighted by Gasteiger charge is -2.16. The molecule has 18 heavy (non-hydrogen) atoms. The zero-order chi connectivity index (χ0) is 13.5. The van der Waals surface area contributed by atoms with Gasteiger partial charge in [0.25, 0.3) is 0 Å². The van der Waals surface area contributed by atoms with Crippen molar-refractivity contribution in [3.63, 3.8) is 0 Å². The van der Waals surface area contributed by atoms with Gasteiger partial charge in [-0.3, -0.25) is 9.59 Å². The summed E-state index contributed by atoms with van der Waals surface area (Å²) in [5.74, 6) is -1.95. The summed E-state index contributed by atoms with van der Waals surface area (Å²) in [6, 6.07) is 8.68. The third-order valence-electron chi connectivity index (χ3n) is 2.85. The van der Waals surface area contributed by atoms with Gasteiger partial charge in [0.1, 0.15) is 6.29 Å². The number of rotatable bonds is 6. The molecule has 0 radical (unpaired) electrons. The quantitative estimate of drug-likeness (QED) is 0.438. The highest BCUT2D eigenvalue weighted by atomic mass is 16.5. The lowest BCUT2D eigenvalue weighted by Crippen LogP contribution is -2.27. The van der Waals surface area contributed by atoms with Crippen molar-refractivity contribution in [3.8, 4) is 0 Å². The molecule has 2 atom stereocenters. The maximum absolute atomic E-state index is 12.0. The Morgan fingerprint density at radius 2 is 1.89 bits per heavy atom. The molecule has 0 aliphatic carbocycles. The van der Waals surface area contributed by atoms with E-state index >= 15 is 0 Å². The molecule has 0 heterocycles. The number of carbonyl (C=O) groups excluding carboxylic acids is 3. The second-order valence-electron chi connectivity index (χ2n) is 4.12. The van der Waals surface area contributed by atoms with Crippen LogP contribution in [0.2, 0.25) is 0 Å². The minimum absolute atomic E-state index is 0.0173. The molecule has 0 saturated heterocycles. The fraction of sp³-hybridized carbons (Fsp3) is 0.357. The molecule has 0 saturated carbocycles. The number of aldehydes is 1. The van der Waals surface area contributed by atoms with Gasteiger partial charge in [0.15, 0.2) is 5.78 Å². The first-order valence-electron chi connectivity index (χ1n) is 5.71. The first kappa shape index (κ1) is 14.1. The Balaban J connectivity index is 2.81.